The van der Waals surface area contributed by atoms with Crippen LogP contribution in [0.3, 0.4) is 0 Å². The molecule has 0 aliphatic carbocycles. The van der Waals surface area contributed by atoms with E-state index < -0.39 is 24.6 Å². The highest BCUT2D eigenvalue weighted by Crippen LogP contribution is 2.30. The van der Waals surface area contributed by atoms with Crippen LogP contribution in [-0.4, -0.2) is 39.6 Å². The third-order valence-electron chi connectivity index (χ3n) is 3.86. The molecule has 0 amide bonds. The molecule has 2 rings (SSSR count). The highest BCUT2D eigenvalue weighted by atomic mass is 19.4. The van der Waals surface area contributed by atoms with Crippen molar-refractivity contribution in [1.29, 1.82) is 0 Å². The second-order valence-electron chi connectivity index (χ2n) is 6.29. The first-order valence-corrected chi connectivity index (χ1v) is 8.55. The van der Waals surface area contributed by atoms with Gasteiger partial charge in [-0.25, -0.2) is 4.98 Å². The van der Waals surface area contributed by atoms with Crippen LogP contribution < -0.4 is 5.73 Å². The molecular weight excluding hydrogens is 399 g/mol. The van der Waals surface area contributed by atoms with Crippen molar-refractivity contribution in [3.63, 3.8) is 0 Å². The van der Waals surface area contributed by atoms with Gasteiger partial charge in [0.1, 0.15) is 5.69 Å². The molecular formula is C21H18F3N3O3. The number of rotatable bonds is 5. The molecule has 0 bridgehead atoms. The van der Waals surface area contributed by atoms with Gasteiger partial charge in [0.25, 0.3) is 0 Å². The summed E-state index contributed by atoms with van der Waals surface area (Å²) in [6.45, 7) is 4.89. The fraction of sp³-hybridized carbons (Fsp3) is 0.190. The van der Waals surface area contributed by atoms with E-state index in [-0.39, 0.29) is 40.2 Å². The lowest BCUT2D eigenvalue weighted by atomic mass is 9.97. The number of aryl methyl sites for hydroxylation is 1. The molecule has 2 aromatic rings. The summed E-state index contributed by atoms with van der Waals surface area (Å²) in [5.74, 6) is 4.12. The minimum Gasteiger partial charge on any atom is -0.494 e. The second-order valence-corrected chi connectivity index (χ2v) is 6.29. The topological polar surface area (TPSA) is 109 Å². The standard InChI is InChI=1S/C21H18F3N3O3/c1-12-3-8-18(27-19(12)20(25)26-13(2)29)17-9-14(5-7-16(30)11-28)4-6-15(17)10-21(22,23)24/h3-4,6,8-9,11,16,29-30H,2,10H2,1H3,(H2,25,26). The van der Waals surface area contributed by atoms with Crippen molar-refractivity contribution < 1.29 is 28.2 Å². The number of alkyl halides is 3. The summed E-state index contributed by atoms with van der Waals surface area (Å²) < 4.78 is 39.2. The van der Waals surface area contributed by atoms with Gasteiger partial charge in [0.05, 0.1) is 12.1 Å². The average molecular weight is 417 g/mol. The van der Waals surface area contributed by atoms with Crippen LogP contribution >= 0.6 is 0 Å². The molecule has 6 nitrogen and oxygen atoms in total. The maximum atomic E-state index is 13.1. The van der Waals surface area contributed by atoms with Crippen LogP contribution in [0.5, 0.6) is 0 Å². The lowest BCUT2D eigenvalue weighted by Gasteiger charge is -2.14. The lowest BCUT2D eigenvalue weighted by Crippen LogP contribution is -2.18. The fourth-order valence-corrected chi connectivity index (χ4v) is 2.58. The first-order chi connectivity index (χ1) is 14.0. The van der Waals surface area contributed by atoms with E-state index >= 15 is 0 Å². The molecule has 0 aliphatic rings. The zero-order chi connectivity index (χ0) is 22.5. The Balaban J connectivity index is 2.65. The number of aromatic nitrogens is 1. The van der Waals surface area contributed by atoms with E-state index in [0.717, 1.165) is 0 Å². The number of pyridine rings is 1. The Morgan fingerprint density at radius 1 is 1.37 bits per heavy atom. The molecule has 156 valence electrons. The van der Waals surface area contributed by atoms with E-state index in [1.807, 2.05) is 0 Å². The molecule has 9 heteroatoms. The van der Waals surface area contributed by atoms with Crippen molar-refractivity contribution in [2.75, 3.05) is 0 Å². The molecule has 0 radical (unpaired) electrons. The van der Waals surface area contributed by atoms with Crippen molar-refractivity contribution in [3.8, 4) is 23.1 Å². The number of aliphatic imine (C=N–C) groups is 1. The normalized spacial score (nSPS) is 12.6. The van der Waals surface area contributed by atoms with Gasteiger partial charge in [-0.2, -0.15) is 18.2 Å². The third-order valence-corrected chi connectivity index (χ3v) is 3.86. The molecule has 0 saturated carbocycles. The summed E-state index contributed by atoms with van der Waals surface area (Å²) >= 11 is 0. The number of carbonyl (C=O) groups excluding carboxylic acids is 1. The number of amidine groups is 1. The van der Waals surface area contributed by atoms with Crippen molar-refractivity contribution in [3.05, 3.63) is 65.2 Å². The summed E-state index contributed by atoms with van der Waals surface area (Å²) in [7, 11) is 0. The number of nitrogens with two attached hydrogens (primary N) is 1. The van der Waals surface area contributed by atoms with Gasteiger partial charge in [-0.1, -0.05) is 24.0 Å². The number of carbonyl (C=O) groups is 1. The molecule has 0 saturated heterocycles. The Morgan fingerprint density at radius 3 is 2.67 bits per heavy atom. The molecule has 1 heterocycles. The van der Waals surface area contributed by atoms with E-state index in [9.17, 15) is 28.2 Å². The van der Waals surface area contributed by atoms with Crippen LogP contribution in [0.1, 0.15) is 22.4 Å². The van der Waals surface area contributed by atoms with E-state index in [4.69, 9.17) is 5.73 Å². The molecule has 0 aliphatic heterocycles. The summed E-state index contributed by atoms with van der Waals surface area (Å²) in [5.41, 5.74) is 7.14. The fourth-order valence-electron chi connectivity index (χ4n) is 2.58. The van der Waals surface area contributed by atoms with Crippen LogP contribution in [0.15, 0.2) is 47.8 Å². The number of aliphatic hydroxyl groups excluding tert-OH is 2. The van der Waals surface area contributed by atoms with E-state index in [1.165, 1.54) is 24.3 Å². The Labute approximate surface area is 170 Å². The molecule has 1 aromatic carbocycles. The van der Waals surface area contributed by atoms with Gasteiger partial charge in [0, 0.05) is 11.1 Å². The highest BCUT2D eigenvalue weighted by Gasteiger charge is 2.29. The molecule has 1 unspecified atom stereocenters. The number of hydrogen-bond acceptors (Lipinski definition) is 5. The van der Waals surface area contributed by atoms with Crippen LogP contribution in [0, 0.1) is 18.8 Å². The van der Waals surface area contributed by atoms with Gasteiger partial charge in [-0.15, -0.1) is 0 Å². The maximum Gasteiger partial charge on any atom is 0.393 e. The lowest BCUT2D eigenvalue weighted by molar-refractivity contribution is -0.127. The van der Waals surface area contributed by atoms with E-state index in [2.05, 4.69) is 28.4 Å². The monoisotopic (exact) mass is 417 g/mol. The Kier molecular flexibility index (Phi) is 6.97. The number of hydrogen-bond donors (Lipinski definition) is 3. The number of halogens is 3. The first kappa shape index (κ1) is 22.6. The van der Waals surface area contributed by atoms with Crippen molar-refractivity contribution in [2.24, 2.45) is 10.7 Å². The number of benzene rings is 1. The van der Waals surface area contributed by atoms with Crippen LogP contribution in [0.2, 0.25) is 0 Å². The summed E-state index contributed by atoms with van der Waals surface area (Å²) in [6.07, 6.45) is -6.93. The number of aldehydes is 1. The quantitative estimate of drug-likeness (QED) is 0.228. The number of nitrogens with zero attached hydrogens (tertiary/aromatic N) is 2. The number of aliphatic hydroxyl groups is 2. The average Bonchev–Trinajstić information content (AvgIpc) is 2.65. The van der Waals surface area contributed by atoms with Gasteiger partial charge >= 0.3 is 6.18 Å². The molecule has 30 heavy (non-hydrogen) atoms. The third kappa shape index (κ3) is 6.18. The van der Waals surface area contributed by atoms with Crippen LogP contribution in [0.4, 0.5) is 13.2 Å². The SMILES string of the molecule is C=C(O)/N=C(/N)c1nc(-c2cc(C#CC(O)C=O)ccc2CC(F)(F)F)ccc1C. The predicted molar refractivity (Wildman–Crippen MR) is 106 cm³/mol. The molecule has 4 N–H and O–H groups in total. The van der Waals surface area contributed by atoms with Crippen LogP contribution in [0.25, 0.3) is 11.3 Å². The minimum atomic E-state index is -4.46. The van der Waals surface area contributed by atoms with Crippen molar-refractivity contribution in [1.82, 2.24) is 4.98 Å². The minimum absolute atomic E-state index is 0.0478. The molecule has 0 spiro atoms. The largest absolute Gasteiger partial charge is 0.494 e. The Bertz CT molecular complexity index is 1070. The molecule has 1 atom stereocenters. The second kappa shape index (κ2) is 9.24. The van der Waals surface area contributed by atoms with Gasteiger partial charge < -0.3 is 15.9 Å². The highest BCUT2D eigenvalue weighted by molar-refractivity contribution is 5.98. The predicted octanol–water partition coefficient (Wildman–Crippen LogP) is 2.81. The summed E-state index contributed by atoms with van der Waals surface area (Å²) in [6, 6.07) is 7.12. The van der Waals surface area contributed by atoms with Crippen molar-refractivity contribution in [2.45, 2.75) is 25.6 Å². The van der Waals surface area contributed by atoms with Gasteiger partial charge in [0.2, 0.25) is 5.88 Å². The van der Waals surface area contributed by atoms with E-state index in [0.29, 0.717) is 5.56 Å². The maximum absolute atomic E-state index is 13.1. The molecule has 1 aromatic heterocycles. The first-order valence-electron chi connectivity index (χ1n) is 8.55. The van der Waals surface area contributed by atoms with E-state index in [1.54, 1.807) is 13.0 Å². The van der Waals surface area contributed by atoms with Gasteiger partial charge in [0.15, 0.2) is 18.2 Å². The van der Waals surface area contributed by atoms with Gasteiger partial charge in [-0.3, -0.25) is 4.79 Å². The molecule has 0 fully saturated rings. The van der Waals surface area contributed by atoms with Gasteiger partial charge in [-0.05, 0) is 42.8 Å². The Hall–Kier alpha value is -3.64. The zero-order valence-corrected chi connectivity index (χ0v) is 15.9. The van der Waals surface area contributed by atoms with Crippen LogP contribution in [-0.2, 0) is 11.2 Å². The zero-order valence-electron chi connectivity index (χ0n) is 15.9. The van der Waals surface area contributed by atoms with Crippen molar-refractivity contribution >= 4 is 12.1 Å². The summed E-state index contributed by atoms with van der Waals surface area (Å²) in [5, 5.41) is 18.5. The smallest absolute Gasteiger partial charge is 0.393 e. The Morgan fingerprint density at radius 2 is 2.07 bits per heavy atom. The summed E-state index contributed by atoms with van der Waals surface area (Å²) in [4.78, 5) is 18.4.